The molecule has 0 aliphatic heterocycles. The quantitative estimate of drug-likeness (QED) is 0.641. The molecular weight excluding hydrogens is 143 g/mol. The molecule has 0 rings (SSSR count). The van der Waals surface area contributed by atoms with Gasteiger partial charge in [-0.2, -0.15) is 13.2 Å². The van der Waals surface area contributed by atoms with E-state index in [1.165, 1.54) is 20.9 Å². The number of rotatable bonds is 2. The minimum Gasteiger partial charge on any atom is -0.309 e. The summed E-state index contributed by atoms with van der Waals surface area (Å²) in [6.07, 6.45) is -4.12. The molecule has 62 valence electrons. The fourth-order valence-electron chi connectivity index (χ4n) is 0.875. The van der Waals surface area contributed by atoms with Gasteiger partial charge in [-0.3, -0.25) is 0 Å². The van der Waals surface area contributed by atoms with Crippen molar-refractivity contribution >= 4 is 0 Å². The number of nitrogens with one attached hydrogen (secondary N) is 1. The van der Waals surface area contributed by atoms with Gasteiger partial charge in [-0.25, -0.2) is 0 Å². The fraction of sp³-hybridized carbons (Fsp3) is 1.00. The van der Waals surface area contributed by atoms with E-state index in [1.54, 1.807) is 0 Å². The van der Waals surface area contributed by atoms with Crippen molar-refractivity contribution in [2.45, 2.75) is 26.1 Å². The van der Waals surface area contributed by atoms with Crippen LogP contribution in [0.25, 0.3) is 0 Å². The summed E-state index contributed by atoms with van der Waals surface area (Å²) in [5, 5.41) is 2.22. The van der Waals surface area contributed by atoms with E-state index in [1.807, 2.05) is 0 Å². The van der Waals surface area contributed by atoms with Gasteiger partial charge in [-0.05, 0) is 13.0 Å². The molecule has 0 heterocycles. The van der Waals surface area contributed by atoms with Gasteiger partial charge in [0.15, 0.2) is 0 Å². The first kappa shape index (κ1) is 9.75. The van der Waals surface area contributed by atoms with Crippen molar-refractivity contribution in [1.82, 2.24) is 5.32 Å². The van der Waals surface area contributed by atoms with Crippen LogP contribution in [0.15, 0.2) is 0 Å². The second-order valence-electron chi connectivity index (χ2n) is 2.55. The van der Waals surface area contributed by atoms with Crippen molar-refractivity contribution in [1.29, 1.82) is 0 Å². The maximum atomic E-state index is 11.9. The summed E-state index contributed by atoms with van der Waals surface area (Å²) in [5.41, 5.74) is 0. The van der Waals surface area contributed by atoms with Gasteiger partial charge in [0.2, 0.25) is 0 Å². The second kappa shape index (κ2) is 3.23. The average molecular weight is 155 g/mol. The highest BCUT2D eigenvalue weighted by atomic mass is 19.4. The van der Waals surface area contributed by atoms with Gasteiger partial charge in [-0.1, -0.05) is 13.8 Å². The Balaban J connectivity index is 4.07. The molecule has 0 amide bonds. The second-order valence-corrected chi connectivity index (χ2v) is 2.55. The Morgan fingerprint density at radius 2 is 1.60 bits per heavy atom. The highest BCUT2D eigenvalue weighted by Gasteiger charge is 2.40. The van der Waals surface area contributed by atoms with Crippen LogP contribution in [0.5, 0.6) is 0 Å². The van der Waals surface area contributed by atoms with E-state index in [4.69, 9.17) is 0 Å². The maximum absolute atomic E-state index is 11.9. The van der Waals surface area contributed by atoms with Crippen LogP contribution in [-0.2, 0) is 0 Å². The smallest absolute Gasteiger partial charge is 0.309 e. The summed E-state index contributed by atoms with van der Waals surface area (Å²) in [7, 11) is 1.32. The largest absolute Gasteiger partial charge is 0.404 e. The molecule has 0 aromatic heterocycles. The van der Waals surface area contributed by atoms with E-state index >= 15 is 0 Å². The number of halogens is 3. The summed E-state index contributed by atoms with van der Waals surface area (Å²) in [5.74, 6) is -0.412. The third-order valence-corrected chi connectivity index (χ3v) is 1.33. The fourth-order valence-corrected chi connectivity index (χ4v) is 0.875. The Hall–Kier alpha value is -0.250. The van der Waals surface area contributed by atoms with Gasteiger partial charge in [0, 0.05) is 0 Å². The van der Waals surface area contributed by atoms with Gasteiger partial charge >= 0.3 is 6.18 Å². The standard InChI is InChI=1S/C6H12F3N/c1-4(2)5(10-3)6(7,8)9/h4-5,10H,1-3H3. The molecule has 10 heavy (non-hydrogen) atoms. The Morgan fingerprint density at radius 3 is 1.60 bits per heavy atom. The van der Waals surface area contributed by atoms with Crippen LogP contribution in [0.4, 0.5) is 13.2 Å². The lowest BCUT2D eigenvalue weighted by atomic mass is 10.0. The van der Waals surface area contributed by atoms with Crippen molar-refractivity contribution in [3.63, 3.8) is 0 Å². The molecule has 0 saturated carbocycles. The highest BCUT2D eigenvalue weighted by molar-refractivity contribution is 4.75. The first-order valence-corrected chi connectivity index (χ1v) is 3.13. The molecule has 0 aromatic rings. The zero-order valence-electron chi connectivity index (χ0n) is 6.29. The maximum Gasteiger partial charge on any atom is 0.404 e. The predicted molar refractivity (Wildman–Crippen MR) is 33.7 cm³/mol. The van der Waals surface area contributed by atoms with E-state index < -0.39 is 18.1 Å². The number of hydrogen-bond acceptors (Lipinski definition) is 1. The van der Waals surface area contributed by atoms with Crippen LogP contribution in [0.2, 0.25) is 0 Å². The Labute approximate surface area is 58.6 Å². The molecule has 0 radical (unpaired) electrons. The van der Waals surface area contributed by atoms with Crippen molar-refractivity contribution in [2.24, 2.45) is 5.92 Å². The minimum atomic E-state index is -4.12. The molecule has 0 aromatic carbocycles. The van der Waals surface area contributed by atoms with Crippen LogP contribution < -0.4 is 5.32 Å². The van der Waals surface area contributed by atoms with E-state index in [9.17, 15) is 13.2 Å². The number of hydrogen-bond donors (Lipinski definition) is 1. The van der Waals surface area contributed by atoms with Gasteiger partial charge in [0.05, 0.1) is 0 Å². The topological polar surface area (TPSA) is 12.0 Å². The third-order valence-electron chi connectivity index (χ3n) is 1.33. The summed E-state index contributed by atoms with van der Waals surface area (Å²) < 4.78 is 35.7. The minimum absolute atomic E-state index is 0.412. The number of alkyl halides is 3. The average Bonchev–Trinajstić information content (AvgIpc) is 1.60. The van der Waals surface area contributed by atoms with Gasteiger partial charge in [0.25, 0.3) is 0 Å². The lowest BCUT2D eigenvalue weighted by Gasteiger charge is -2.22. The highest BCUT2D eigenvalue weighted by Crippen LogP contribution is 2.24. The molecule has 1 nitrogen and oxygen atoms in total. The van der Waals surface area contributed by atoms with Gasteiger partial charge in [0.1, 0.15) is 6.04 Å². The molecule has 1 atom stereocenters. The first-order chi connectivity index (χ1) is 4.39. The zero-order valence-corrected chi connectivity index (χ0v) is 6.29. The van der Waals surface area contributed by atoms with E-state index in [0.29, 0.717) is 0 Å². The van der Waals surface area contributed by atoms with Crippen molar-refractivity contribution in [3.05, 3.63) is 0 Å². The molecule has 1 N–H and O–H groups in total. The van der Waals surface area contributed by atoms with Crippen molar-refractivity contribution in [3.8, 4) is 0 Å². The van der Waals surface area contributed by atoms with Crippen LogP contribution in [0.3, 0.4) is 0 Å². The monoisotopic (exact) mass is 155 g/mol. The zero-order chi connectivity index (χ0) is 8.36. The van der Waals surface area contributed by atoms with E-state index in [2.05, 4.69) is 5.32 Å². The van der Waals surface area contributed by atoms with Crippen LogP contribution in [0.1, 0.15) is 13.8 Å². The summed E-state index contributed by atoms with van der Waals surface area (Å²) in [6, 6.07) is -1.38. The van der Waals surface area contributed by atoms with Gasteiger partial charge < -0.3 is 5.32 Å². The molecule has 0 aliphatic carbocycles. The molecular formula is C6H12F3N. The van der Waals surface area contributed by atoms with Crippen LogP contribution >= 0.6 is 0 Å². The van der Waals surface area contributed by atoms with Crippen molar-refractivity contribution in [2.75, 3.05) is 7.05 Å². The normalized spacial score (nSPS) is 15.9. The Kier molecular flexibility index (Phi) is 3.15. The third kappa shape index (κ3) is 2.56. The van der Waals surface area contributed by atoms with E-state index in [0.717, 1.165) is 0 Å². The molecule has 0 bridgehead atoms. The van der Waals surface area contributed by atoms with Crippen LogP contribution in [0, 0.1) is 5.92 Å². The molecule has 0 saturated heterocycles. The summed E-state index contributed by atoms with van der Waals surface area (Å²) >= 11 is 0. The molecule has 0 aliphatic rings. The van der Waals surface area contributed by atoms with Crippen LogP contribution in [-0.4, -0.2) is 19.3 Å². The Bertz CT molecular complexity index is 97.7. The molecule has 1 unspecified atom stereocenters. The van der Waals surface area contributed by atoms with E-state index in [-0.39, 0.29) is 0 Å². The lowest BCUT2D eigenvalue weighted by molar-refractivity contribution is -0.163. The lowest BCUT2D eigenvalue weighted by Crippen LogP contribution is -2.43. The van der Waals surface area contributed by atoms with Gasteiger partial charge in [-0.15, -0.1) is 0 Å². The summed E-state index contributed by atoms with van der Waals surface area (Å²) in [4.78, 5) is 0. The molecule has 0 fully saturated rings. The Morgan fingerprint density at radius 1 is 1.20 bits per heavy atom. The molecule has 4 heteroatoms. The summed E-state index contributed by atoms with van der Waals surface area (Å²) in [6.45, 7) is 3.07. The SMILES string of the molecule is CNC(C(C)C)C(F)(F)F. The van der Waals surface area contributed by atoms with Crippen molar-refractivity contribution < 1.29 is 13.2 Å². The predicted octanol–water partition coefficient (Wildman–Crippen LogP) is 1.79. The first-order valence-electron chi connectivity index (χ1n) is 3.13. The molecule has 0 spiro atoms.